The van der Waals surface area contributed by atoms with Gasteiger partial charge in [0.05, 0.1) is 4.90 Å². The molecule has 100 valence electrons. The molecule has 1 saturated heterocycles. The van der Waals surface area contributed by atoms with Gasteiger partial charge in [-0.3, -0.25) is 0 Å². The zero-order valence-electron chi connectivity index (χ0n) is 10.4. The maximum Gasteiger partial charge on any atom is 0.238 e. The van der Waals surface area contributed by atoms with Crippen molar-refractivity contribution in [1.29, 1.82) is 0 Å². The molecule has 4 N–H and O–H groups in total. The lowest BCUT2D eigenvalue weighted by Crippen LogP contribution is -2.46. The van der Waals surface area contributed by atoms with Gasteiger partial charge in [0.25, 0.3) is 0 Å². The Morgan fingerprint density at radius 3 is 2.56 bits per heavy atom. The van der Waals surface area contributed by atoms with Crippen molar-refractivity contribution < 1.29 is 8.42 Å². The Labute approximate surface area is 108 Å². The average molecular weight is 269 g/mol. The molecule has 2 atom stereocenters. The summed E-state index contributed by atoms with van der Waals surface area (Å²) in [5.41, 5.74) is 0.919. The van der Waals surface area contributed by atoms with Crippen molar-refractivity contribution in [2.24, 2.45) is 5.14 Å². The number of rotatable bonds is 3. The van der Waals surface area contributed by atoms with Crippen LogP contribution in [0.5, 0.6) is 0 Å². The number of nitrogens with two attached hydrogens (primary N) is 1. The van der Waals surface area contributed by atoms with Crippen molar-refractivity contribution in [3.8, 4) is 0 Å². The minimum Gasteiger partial charge on any atom is -0.381 e. The quantitative estimate of drug-likeness (QED) is 0.761. The van der Waals surface area contributed by atoms with E-state index in [4.69, 9.17) is 5.14 Å². The maximum absolute atomic E-state index is 11.1. The summed E-state index contributed by atoms with van der Waals surface area (Å²) in [6, 6.07) is 7.34. The van der Waals surface area contributed by atoms with Crippen LogP contribution >= 0.6 is 0 Å². The Bertz CT molecular complexity index is 499. The Morgan fingerprint density at radius 2 is 2.00 bits per heavy atom. The smallest absolute Gasteiger partial charge is 0.238 e. The van der Waals surface area contributed by atoms with E-state index >= 15 is 0 Å². The van der Waals surface area contributed by atoms with Crippen LogP contribution in [0, 0.1) is 0 Å². The fourth-order valence-electron chi connectivity index (χ4n) is 2.20. The molecule has 2 rings (SSSR count). The predicted octanol–water partition coefficient (Wildman–Crippen LogP) is 0.886. The summed E-state index contributed by atoms with van der Waals surface area (Å²) in [5.74, 6) is 0. The molecule has 1 aromatic rings. The van der Waals surface area contributed by atoms with Gasteiger partial charge in [-0.15, -0.1) is 0 Å². The molecule has 0 aromatic heterocycles. The van der Waals surface area contributed by atoms with E-state index in [1.54, 1.807) is 12.1 Å². The minimum atomic E-state index is -3.60. The predicted molar refractivity (Wildman–Crippen MR) is 71.9 cm³/mol. The number of benzene rings is 1. The number of primary sulfonamides is 1. The Hall–Kier alpha value is -1.11. The Kier molecular flexibility index (Phi) is 3.89. The molecule has 0 radical (unpaired) electrons. The summed E-state index contributed by atoms with van der Waals surface area (Å²) >= 11 is 0. The van der Waals surface area contributed by atoms with Crippen molar-refractivity contribution in [1.82, 2.24) is 5.32 Å². The van der Waals surface area contributed by atoms with Crippen molar-refractivity contribution in [2.75, 3.05) is 11.9 Å². The molecule has 2 unspecified atom stereocenters. The molecule has 6 heteroatoms. The first-order valence-corrected chi connectivity index (χ1v) is 7.64. The van der Waals surface area contributed by atoms with Gasteiger partial charge in [-0.25, -0.2) is 13.6 Å². The van der Waals surface area contributed by atoms with E-state index in [-0.39, 0.29) is 4.90 Å². The van der Waals surface area contributed by atoms with Crippen LogP contribution in [-0.2, 0) is 10.0 Å². The van der Waals surface area contributed by atoms with Crippen LogP contribution < -0.4 is 15.8 Å². The number of anilines is 1. The zero-order chi connectivity index (χ0) is 13.2. The van der Waals surface area contributed by atoms with Crippen LogP contribution in [0.3, 0.4) is 0 Å². The second-order valence-electron chi connectivity index (χ2n) is 4.71. The molecule has 1 aliphatic heterocycles. The monoisotopic (exact) mass is 269 g/mol. The third-order valence-electron chi connectivity index (χ3n) is 3.30. The largest absolute Gasteiger partial charge is 0.381 e. The first-order valence-electron chi connectivity index (χ1n) is 6.09. The van der Waals surface area contributed by atoms with Gasteiger partial charge in [0.15, 0.2) is 0 Å². The van der Waals surface area contributed by atoms with Gasteiger partial charge in [0.2, 0.25) is 10.0 Å². The molecule has 0 saturated carbocycles. The summed E-state index contributed by atoms with van der Waals surface area (Å²) in [4.78, 5) is 0.142. The number of nitrogens with one attached hydrogen (secondary N) is 2. The molecule has 0 amide bonds. The topological polar surface area (TPSA) is 84.2 Å². The molecule has 1 fully saturated rings. The molecule has 0 spiro atoms. The molecular weight excluding hydrogens is 250 g/mol. The van der Waals surface area contributed by atoms with E-state index in [1.807, 2.05) is 0 Å². The third kappa shape index (κ3) is 3.22. The first-order chi connectivity index (χ1) is 8.47. The molecule has 1 aromatic carbocycles. The minimum absolute atomic E-state index is 0.142. The number of sulfonamides is 1. The van der Waals surface area contributed by atoms with Gasteiger partial charge >= 0.3 is 0 Å². The highest BCUT2D eigenvalue weighted by Crippen LogP contribution is 2.17. The van der Waals surface area contributed by atoms with E-state index in [9.17, 15) is 8.42 Å². The zero-order valence-corrected chi connectivity index (χ0v) is 11.2. The summed E-state index contributed by atoms with van der Waals surface area (Å²) in [6.07, 6.45) is 2.27. The maximum atomic E-state index is 11.1. The van der Waals surface area contributed by atoms with Crippen LogP contribution in [0.1, 0.15) is 19.8 Å². The van der Waals surface area contributed by atoms with Crippen LogP contribution in [0.4, 0.5) is 5.69 Å². The number of hydrogen-bond acceptors (Lipinski definition) is 4. The van der Waals surface area contributed by atoms with Crippen molar-refractivity contribution in [3.63, 3.8) is 0 Å². The normalized spacial score (nSPS) is 24.8. The summed E-state index contributed by atoms with van der Waals surface area (Å²) in [6.45, 7) is 3.21. The molecule has 5 nitrogen and oxygen atoms in total. The number of hydrogen-bond donors (Lipinski definition) is 3. The second kappa shape index (κ2) is 5.26. The van der Waals surface area contributed by atoms with Gasteiger partial charge in [-0.1, -0.05) is 0 Å². The Morgan fingerprint density at radius 1 is 1.33 bits per heavy atom. The van der Waals surface area contributed by atoms with Crippen LogP contribution in [0.25, 0.3) is 0 Å². The highest BCUT2D eigenvalue weighted by molar-refractivity contribution is 7.89. The van der Waals surface area contributed by atoms with Gasteiger partial charge in [-0.2, -0.15) is 0 Å². The SMILES string of the molecule is CC1NCCCC1Nc1ccc(S(N)(=O)=O)cc1. The van der Waals surface area contributed by atoms with E-state index in [0.29, 0.717) is 12.1 Å². The molecule has 1 aliphatic rings. The fraction of sp³-hybridized carbons (Fsp3) is 0.500. The lowest BCUT2D eigenvalue weighted by atomic mass is 9.99. The highest BCUT2D eigenvalue weighted by Gasteiger charge is 2.20. The van der Waals surface area contributed by atoms with Crippen LogP contribution in [0.2, 0.25) is 0 Å². The molecule has 0 bridgehead atoms. The summed E-state index contributed by atoms with van der Waals surface area (Å²) in [5, 5.41) is 11.9. The standard InChI is InChI=1S/C12H19N3O2S/c1-9-12(3-2-8-14-9)15-10-4-6-11(7-5-10)18(13,16)17/h4-7,9,12,14-15H,2-3,8H2,1H3,(H2,13,16,17). The van der Waals surface area contributed by atoms with E-state index in [0.717, 1.165) is 25.1 Å². The highest BCUT2D eigenvalue weighted by atomic mass is 32.2. The second-order valence-corrected chi connectivity index (χ2v) is 6.27. The molecule has 1 heterocycles. The average Bonchev–Trinajstić information content (AvgIpc) is 2.32. The molecule has 18 heavy (non-hydrogen) atoms. The lowest BCUT2D eigenvalue weighted by Gasteiger charge is -2.31. The summed E-state index contributed by atoms with van der Waals surface area (Å²) in [7, 11) is -3.60. The van der Waals surface area contributed by atoms with Crippen molar-refractivity contribution in [2.45, 2.75) is 36.7 Å². The van der Waals surface area contributed by atoms with E-state index in [1.165, 1.54) is 12.1 Å². The molecule has 0 aliphatic carbocycles. The van der Waals surface area contributed by atoms with E-state index < -0.39 is 10.0 Å². The van der Waals surface area contributed by atoms with E-state index in [2.05, 4.69) is 17.6 Å². The third-order valence-corrected chi connectivity index (χ3v) is 4.23. The van der Waals surface area contributed by atoms with Crippen LogP contribution in [0.15, 0.2) is 29.2 Å². The number of piperidine rings is 1. The first kappa shape index (κ1) is 13.3. The molecular formula is C12H19N3O2S. The fourth-order valence-corrected chi connectivity index (χ4v) is 2.71. The van der Waals surface area contributed by atoms with Crippen LogP contribution in [-0.4, -0.2) is 27.0 Å². The van der Waals surface area contributed by atoms with Gasteiger partial charge in [0, 0.05) is 17.8 Å². The van der Waals surface area contributed by atoms with Gasteiger partial charge in [-0.05, 0) is 50.6 Å². The van der Waals surface area contributed by atoms with Gasteiger partial charge in [0.1, 0.15) is 0 Å². The van der Waals surface area contributed by atoms with Crippen molar-refractivity contribution >= 4 is 15.7 Å². The lowest BCUT2D eigenvalue weighted by molar-refractivity contribution is 0.389. The summed E-state index contributed by atoms with van der Waals surface area (Å²) < 4.78 is 22.3. The van der Waals surface area contributed by atoms with Crippen molar-refractivity contribution in [3.05, 3.63) is 24.3 Å². The van der Waals surface area contributed by atoms with Gasteiger partial charge < -0.3 is 10.6 Å². The Balaban J connectivity index is 2.06.